The van der Waals surface area contributed by atoms with Crippen LogP contribution in [0.2, 0.25) is 10.0 Å². The van der Waals surface area contributed by atoms with E-state index in [-0.39, 0.29) is 6.54 Å². The quantitative estimate of drug-likeness (QED) is 0.704. The summed E-state index contributed by atoms with van der Waals surface area (Å²) in [7, 11) is 0. The van der Waals surface area contributed by atoms with Gasteiger partial charge >= 0.3 is 0 Å². The molecule has 0 bridgehead atoms. The van der Waals surface area contributed by atoms with Crippen LogP contribution in [0.1, 0.15) is 36.4 Å². The van der Waals surface area contributed by atoms with Crippen molar-refractivity contribution in [2.24, 2.45) is 0 Å². The van der Waals surface area contributed by atoms with Gasteiger partial charge < -0.3 is 10.4 Å². The highest BCUT2D eigenvalue weighted by atomic mass is 35.5. The van der Waals surface area contributed by atoms with E-state index >= 15 is 0 Å². The average molecular weight is 373 g/mol. The SMILES string of the molecule is O=C(NCc1n[nH]c(=S)n1C1CC1)[C@@H](O)c1cc(Cl)cc(Cl)c1. The molecule has 23 heavy (non-hydrogen) atoms. The lowest BCUT2D eigenvalue weighted by atomic mass is 10.1. The predicted molar refractivity (Wildman–Crippen MR) is 89.0 cm³/mol. The van der Waals surface area contributed by atoms with Crippen LogP contribution in [0, 0.1) is 4.77 Å². The Hall–Kier alpha value is -1.41. The van der Waals surface area contributed by atoms with Gasteiger partial charge in [0.05, 0.1) is 6.54 Å². The molecule has 0 aliphatic heterocycles. The number of H-pyrrole nitrogens is 1. The molecule has 1 aliphatic carbocycles. The average Bonchev–Trinajstić information content (AvgIpc) is 3.26. The van der Waals surface area contributed by atoms with E-state index in [1.807, 2.05) is 4.57 Å². The van der Waals surface area contributed by atoms with Crippen molar-refractivity contribution in [3.63, 3.8) is 0 Å². The largest absolute Gasteiger partial charge is 0.378 e. The van der Waals surface area contributed by atoms with Crippen LogP contribution >= 0.6 is 35.4 Å². The summed E-state index contributed by atoms with van der Waals surface area (Å²) >= 11 is 16.9. The summed E-state index contributed by atoms with van der Waals surface area (Å²) in [5, 5.41) is 20.3. The number of carbonyl (C=O) groups excluding carboxylic acids is 1. The number of aromatic amines is 1. The minimum atomic E-state index is -1.36. The second-order valence-corrected chi connectivity index (χ2v) is 6.63. The van der Waals surface area contributed by atoms with Gasteiger partial charge in [-0.05, 0) is 48.8 Å². The lowest BCUT2D eigenvalue weighted by Crippen LogP contribution is -2.30. The maximum Gasteiger partial charge on any atom is 0.253 e. The Morgan fingerprint density at radius 3 is 2.70 bits per heavy atom. The van der Waals surface area contributed by atoms with Crippen molar-refractivity contribution in [3.05, 3.63) is 44.4 Å². The normalized spacial score (nSPS) is 15.4. The first-order valence-corrected chi connectivity index (χ1v) is 8.19. The Kier molecular flexibility index (Phi) is 4.72. The molecule has 0 saturated heterocycles. The maximum atomic E-state index is 12.1. The number of hydrogen-bond donors (Lipinski definition) is 3. The molecule has 122 valence electrons. The fraction of sp³-hybridized carbons (Fsp3) is 0.357. The van der Waals surface area contributed by atoms with Crippen molar-refractivity contribution >= 4 is 41.3 Å². The van der Waals surface area contributed by atoms with E-state index in [9.17, 15) is 9.90 Å². The van der Waals surface area contributed by atoms with E-state index in [1.165, 1.54) is 18.2 Å². The van der Waals surface area contributed by atoms with Crippen LogP contribution in [0.25, 0.3) is 0 Å². The molecule has 1 heterocycles. The number of halogens is 2. The first-order valence-electron chi connectivity index (χ1n) is 7.03. The lowest BCUT2D eigenvalue weighted by molar-refractivity contribution is -0.129. The fourth-order valence-electron chi connectivity index (χ4n) is 2.32. The monoisotopic (exact) mass is 372 g/mol. The number of benzene rings is 1. The number of nitrogens with zero attached hydrogens (tertiary/aromatic N) is 2. The summed E-state index contributed by atoms with van der Waals surface area (Å²) in [6.07, 6.45) is 0.749. The molecule has 0 radical (unpaired) electrons. The molecule has 6 nitrogen and oxygen atoms in total. The molecule has 0 spiro atoms. The highest BCUT2D eigenvalue weighted by Gasteiger charge is 2.27. The molecule has 1 aliphatic rings. The second kappa shape index (κ2) is 6.60. The number of hydrogen-bond acceptors (Lipinski definition) is 4. The zero-order chi connectivity index (χ0) is 16.6. The summed E-state index contributed by atoms with van der Waals surface area (Å²) < 4.78 is 2.44. The Bertz CT molecular complexity index is 780. The molecular formula is C14H14Cl2N4O2S. The third-order valence-corrected chi connectivity index (χ3v) is 4.28. The van der Waals surface area contributed by atoms with E-state index in [2.05, 4.69) is 15.5 Å². The second-order valence-electron chi connectivity index (χ2n) is 5.37. The molecule has 1 aromatic heterocycles. The van der Waals surface area contributed by atoms with E-state index in [4.69, 9.17) is 35.4 Å². The number of carbonyl (C=O) groups is 1. The van der Waals surface area contributed by atoms with Gasteiger partial charge in [0, 0.05) is 16.1 Å². The van der Waals surface area contributed by atoms with E-state index in [0.717, 1.165) is 12.8 Å². The van der Waals surface area contributed by atoms with E-state index < -0.39 is 12.0 Å². The number of rotatable bonds is 5. The van der Waals surface area contributed by atoms with Crippen LogP contribution in [-0.2, 0) is 11.3 Å². The summed E-state index contributed by atoms with van der Waals surface area (Å²) in [6.45, 7) is 0.174. The third kappa shape index (κ3) is 3.74. The van der Waals surface area contributed by atoms with E-state index in [0.29, 0.717) is 32.2 Å². The molecule has 1 aromatic carbocycles. The van der Waals surface area contributed by atoms with Gasteiger partial charge in [-0.3, -0.25) is 14.5 Å². The minimum Gasteiger partial charge on any atom is -0.378 e. The number of nitrogens with one attached hydrogen (secondary N) is 2. The Balaban J connectivity index is 1.68. The van der Waals surface area contributed by atoms with Gasteiger partial charge in [-0.2, -0.15) is 5.10 Å². The smallest absolute Gasteiger partial charge is 0.253 e. The Morgan fingerprint density at radius 2 is 2.09 bits per heavy atom. The van der Waals surface area contributed by atoms with Gasteiger partial charge in [-0.15, -0.1) is 0 Å². The highest BCUT2D eigenvalue weighted by molar-refractivity contribution is 7.71. The van der Waals surface area contributed by atoms with Gasteiger partial charge in [-0.25, -0.2) is 0 Å². The standard InChI is InChI=1S/C14H14Cl2N4O2S/c15-8-3-7(4-9(16)5-8)12(21)13(22)17-6-11-18-19-14(23)20(11)10-1-2-10/h3-5,10,12,21H,1-2,6H2,(H,17,22)(H,19,23)/t12-/m0/s1. The number of aromatic nitrogens is 3. The molecule has 1 fully saturated rings. The van der Waals surface area contributed by atoms with Crippen molar-refractivity contribution in [1.82, 2.24) is 20.1 Å². The van der Waals surface area contributed by atoms with E-state index in [1.54, 1.807) is 0 Å². The molecule has 1 saturated carbocycles. The van der Waals surface area contributed by atoms with Crippen molar-refractivity contribution in [3.8, 4) is 0 Å². The molecule has 1 atom stereocenters. The van der Waals surface area contributed by atoms with Gasteiger partial charge in [0.2, 0.25) is 0 Å². The minimum absolute atomic E-state index is 0.174. The van der Waals surface area contributed by atoms with Crippen LogP contribution in [0.4, 0.5) is 0 Å². The Morgan fingerprint density at radius 1 is 1.43 bits per heavy atom. The molecule has 2 aromatic rings. The third-order valence-electron chi connectivity index (χ3n) is 3.56. The highest BCUT2D eigenvalue weighted by Crippen LogP contribution is 2.35. The van der Waals surface area contributed by atoms with Crippen LogP contribution in [-0.4, -0.2) is 25.8 Å². The van der Waals surface area contributed by atoms with Crippen LogP contribution in [0.5, 0.6) is 0 Å². The van der Waals surface area contributed by atoms with Gasteiger partial charge in [-0.1, -0.05) is 23.2 Å². The lowest BCUT2D eigenvalue weighted by Gasteiger charge is -2.12. The molecule has 9 heteroatoms. The Labute approximate surface area is 147 Å². The summed E-state index contributed by atoms with van der Waals surface area (Å²) in [4.78, 5) is 12.1. The first kappa shape index (κ1) is 16.4. The van der Waals surface area contributed by atoms with Crippen LogP contribution < -0.4 is 5.32 Å². The van der Waals surface area contributed by atoms with Crippen molar-refractivity contribution in [1.29, 1.82) is 0 Å². The maximum absolute atomic E-state index is 12.1. The number of aliphatic hydroxyl groups excluding tert-OH is 1. The molecule has 1 amide bonds. The topological polar surface area (TPSA) is 82.9 Å². The van der Waals surface area contributed by atoms with Gasteiger partial charge in [0.15, 0.2) is 16.7 Å². The number of aliphatic hydroxyl groups is 1. The summed E-state index contributed by atoms with van der Waals surface area (Å²) in [6, 6.07) is 4.88. The first-order chi connectivity index (χ1) is 11.0. The zero-order valence-electron chi connectivity index (χ0n) is 11.9. The zero-order valence-corrected chi connectivity index (χ0v) is 14.3. The summed E-state index contributed by atoms with van der Waals surface area (Å²) in [5.74, 6) is 0.0850. The van der Waals surface area contributed by atoms with Crippen molar-refractivity contribution in [2.45, 2.75) is 31.5 Å². The van der Waals surface area contributed by atoms with Crippen LogP contribution in [0.3, 0.4) is 0 Å². The molecule has 3 N–H and O–H groups in total. The van der Waals surface area contributed by atoms with Crippen molar-refractivity contribution in [2.75, 3.05) is 0 Å². The van der Waals surface area contributed by atoms with Crippen LogP contribution in [0.15, 0.2) is 18.2 Å². The van der Waals surface area contributed by atoms with Gasteiger partial charge in [0.1, 0.15) is 0 Å². The predicted octanol–water partition coefficient (Wildman–Crippen LogP) is 2.93. The van der Waals surface area contributed by atoms with Crippen molar-refractivity contribution < 1.29 is 9.90 Å². The molecule has 0 unspecified atom stereocenters. The number of amides is 1. The summed E-state index contributed by atoms with van der Waals surface area (Å²) in [5.41, 5.74) is 0.334. The molecular weight excluding hydrogens is 359 g/mol. The molecule has 3 rings (SSSR count). The fourth-order valence-corrected chi connectivity index (χ4v) is 3.16. The van der Waals surface area contributed by atoms with Gasteiger partial charge in [0.25, 0.3) is 5.91 Å².